The summed E-state index contributed by atoms with van der Waals surface area (Å²) in [5.74, 6) is -1.01. The molecule has 4 rings (SSSR count). The Balaban J connectivity index is 1.56. The first-order valence-corrected chi connectivity index (χ1v) is 12.9. The summed E-state index contributed by atoms with van der Waals surface area (Å²) in [5, 5.41) is 27.2. The minimum atomic E-state index is -1.02. The molecule has 1 aliphatic heterocycles. The molecule has 2 aliphatic rings. The minimum absolute atomic E-state index is 0.251. The van der Waals surface area contributed by atoms with Gasteiger partial charge in [0.25, 0.3) is 0 Å². The predicted octanol–water partition coefficient (Wildman–Crippen LogP) is 4.08. The van der Waals surface area contributed by atoms with Crippen molar-refractivity contribution >= 4 is 23.7 Å². The van der Waals surface area contributed by atoms with Crippen molar-refractivity contribution in [1.29, 1.82) is 0 Å². The average Bonchev–Trinajstić information content (AvgIpc) is 3.25. The molecule has 3 atom stereocenters. The minimum Gasteiger partial charge on any atom is -0.784 e. The molecule has 34 heavy (non-hydrogen) atoms. The van der Waals surface area contributed by atoms with E-state index < -0.39 is 30.2 Å². The number of carbonyl (C=O) groups excluding carboxylic acids is 1. The number of hydroxylamine groups is 2. The van der Waals surface area contributed by atoms with Crippen molar-refractivity contribution in [3.8, 4) is 0 Å². The van der Waals surface area contributed by atoms with Crippen LogP contribution in [0.3, 0.4) is 0 Å². The number of ether oxygens (including phenoxy) is 1. The highest BCUT2D eigenvalue weighted by molar-refractivity contribution is 7.99. The van der Waals surface area contributed by atoms with Gasteiger partial charge in [-0.05, 0) is 67.3 Å². The summed E-state index contributed by atoms with van der Waals surface area (Å²) < 4.78 is 5.28. The van der Waals surface area contributed by atoms with Crippen LogP contribution >= 0.6 is 11.8 Å². The number of fused-ring (bicyclic) bond motifs is 2. The Labute approximate surface area is 204 Å². The Bertz CT molecular complexity index is 1020. The van der Waals surface area contributed by atoms with Gasteiger partial charge in [-0.3, -0.25) is 14.9 Å². The molecule has 0 fully saturated rings. The third kappa shape index (κ3) is 5.81. The predicted molar refractivity (Wildman–Crippen MR) is 131 cm³/mol. The van der Waals surface area contributed by atoms with Gasteiger partial charge in [-0.15, -0.1) is 11.8 Å². The Kier molecular flexibility index (Phi) is 8.26. The fourth-order valence-corrected chi connectivity index (χ4v) is 5.96. The number of carboxylic acids is 1. The fourth-order valence-electron chi connectivity index (χ4n) is 4.79. The van der Waals surface area contributed by atoms with Crippen LogP contribution in [0.2, 0.25) is 0 Å². The van der Waals surface area contributed by atoms with Crippen molar-refractivity contribution in [3.05, 3.63) is 69.9 Å². The Morgan fingerprint density at radius 3 is 2.68 bits per heavy atom. The molecular weight excluding hydrogens is 452 g/mol. The number of hydrogen-bond acceptors (Lipinski definition) is 7. The van der Waals surface area contributed by atoms with Gasteiger partial charge in [-0.2, -0.15) is 0 Å². The third-order valence-electron chi connectivity index (χ3n) is 6.49. The molecular formula is C26H31N2O5S-. The highest BCUT2D eigenvalue weighted by atomic mass is 32.2. The van der Waals surface area contributed by atoms with E-state index >= 15 is 0 Å². The Hall–Kier alpha value is -2.39. The fraction of sp³-hybridized carbons (Fsp3) is 0.462. The molecule has 182 valence electrons. The third-order valence-corrected chi connectivity index (χ3v) is 7.64. The second-order valence-electron chi connectivity index (χ2n) is 8.81. The molecule has 0 saturated heterocycles. The summed E-state index contributed by atoms with van der Waals surface area (Å²) in [6.45, 7) is 2.01. The summed E-state index contributed by atoms with van der Waals surface area (Å²) in [6.07, 6.45) is 3.17. The average molecular weight is 484 g/mol. The number of thioether (sulfide) groups is 1. The number of rotatable bonds is 9. The number of carboxylic acid groups (broad SMARTS) is 1. The second kappa shape index (κ2) is 11.4. The lowest BCUT2D eigenvalue weighted by molar-refractivity contribution is -0.146. The highest BCUT2D eigenvalue weighted by Gasteiger charge is 2.32. The lowest BCUT2D eigenvalue weighted by Crippen LogP contribution is -2.52. The molecule has 2 N–H and O–H groups in total. The van der Waals surface area contributed by atoms with Gasteiger partial charge in [0.1, 0.15) is 6.04 Å². The topological polar surface area (TPSA) is 102 Å². The summed E-state index contributed by atoms with van der Waals surface area (Å²) in [5.41, 5.74) is 4.38. The van der Waals surface area contributed by atoms with E-state index in [1.807, 2.05) is 36.4 Å². The molecule has 2 unspecified atom stereocenters. The van der Waals surface area contributed by atoms with Gasteiger partial charge in [-0.25, -0.2) is 0 Å². The Morgan fingerprint density at radius 1 is 1.24 bits per heavy atom. The molecule has 1 aliphatic carbocycles. The van der Waals surface area contributed by atoms with Gasteiger partial charge in [0.2, 0.25) is 0 Å². The van der Waals surface area contributed by atoms with Crippen LogP contribution in [0.5, 0.6) is 0 Å². The maximum absolute atomic E-state index is 13.6. The van der Waals surface area contributed by atoms with Gasteiger partial charge in [0, 0.05) is 16.7 Å². The maximum atomic E-state index is 13.6. The lowest BCUT2D eigenvalue weighted by atomic mass is 9.98. The molecule has 2 aromatic carbocycles. The van der Waals surface area contributed by atoms with Gasteiger partial charge in [0.05, 0.1) is 19.2 Å². The standard InChI is InChI=1S/C26H31N2O5S/c1-2-33-26(31)21(12-11-17-7-4-3-5-8-17)27-24-16-34-23-14-19-10-6-9-18(19)13-20(23)22(28(24)32)15-25(29)30/h3-5,7-8,13-14,21-22,24,27H,2,6,9-12,15-16H2,1H3,(H,29,30)/q-1/t21?,22?,24-/m1/s1. The lowest BCUT2D eigenvalue weighted by Gasteiger charge is -2.43. The second-order valence-corrected chi connectivity index (χ2v) is 9.87. The van der Waals surface area contributed by atoms with E-state index in [0.717, 1.165) is 40.3 Å². The molecule has 7 nitrogen and oxygen atoms in total. The van der Waals surface area contributed by atoms with Crippen LogP contribution in [0.15, 0.2) is 47.4 Å². The van der Waals surface area contributed by atoms with Crippen molar-refractivity contribution in [2.24, 2.45) is 0 Å². The number of hydrogen-bond donors (Lipinski definition) is 2. The Morgan fingerprint density at radius 2 is 1.97 bits per heavy atom. The normalized spacial score (nSPS) is 20.8. The van der Waals surface area contributed by atoms with E-state index in [4.69, 9.17) is 4.74 Å². The van der Waals surface area contributed by atoms with E-state index in [1.165, 1.54) is 11.1 Å². The molecule has 2 aromatic rings. The van der Waals surface area contributed by atoms with Crippen molar-refractivity contribution in [2.45, 2.75) is 68.6 Å². The number of carbonyl (C=O) groups is 2. The van der Waals surface area contributed by atoms with Crippen LogP contribution in [0.1, 0.15) is 54.5 Å². The molecule has 0 amide bonds. The van der Waals surface area contributed by atoms with Crippen LogP contribution < -0.4 is 5.32 Å². The monoisotopic (exact) mass is 483 g/mol. The SMILES string of the molecule is CCOC(=O)C(CCc1ccccc1)N[C@H]1CSc2cc3c(cc2C(CC(=O)O)N1[O-])CCC3. The largest absolute Gasteiger partial charge is 0.784 e. The van der Waals surface area contributed by atoms with Gasteiger partial charge in [0.15, 0.2) is 0 Å². The molecule has 0 saturated carbocycles. The van der Waals surface area contributed by atoms with Gasteiger partial charge < -0.3 is 20.1 Å². The first-order valence-electron chi connectivity index (χ1n) is 11.9. The molecule has 1 heterocycles. The van der Waals surface area contributed by atoms with Crippen LogP contribution in [0.25, 0.3) is 0 Å². The number of esters is 1. The van der Waals surface area contributed by atoms with Gasteiger partial charge >= 0.3 is 11.9 Å². The van der Waals surface area contributed by atoms with E-state index in [-0.39, 0.29) is 13.0 Å². The van der Waals surface area contributed by atoms with E-state index in [1.54, 1.807) is 18.7 Å². The van der Waals surface area contributed by atoms with Crippen molar-refractivity contribution in [1.82, 2.24) is 10.4 Å². The van der Waals surface area contributed by atoms with Crippen LogP contribution in [-0.2, 0) is 33.6 Å². The molecule has 0 aromatic heterocycles. The molecule has 8 heteroatoms. The van der Waals surface area contributed by atoms with Gasteiger partial charge in [-0.1, -0.05) is 36.4 Å². The van der Waals surface area contributed by atoms with E-state index in [2.05, 4.69) is 11.4 Å². The number of nitrogens with zero attached hydrogens (tertiary/aromatic N) is 1. The summed E-state index contributed by atoms with van der Waals surface area (Å²) in [6, 6.07) is 12.5. The quantitative estimate of drug-likeness (QED) is 0.515. The van der Waals surface area contributed by atoms with Crippen LogP contribution in [-0.4, -0.2) is 46.7 Å². The number of nitrogens with one attached hydrogen (secondary N) is 1. The maximum Gasteiger partial charge on any atom is 0.323 e. The van der Waals surface area contributed by atoms with Crippen LogP contribution in [0.4, 0.5) is 0 Å². The number of aliphatic carboxylic acids is 1. The van der Waals surface area contributed by atoms with Crippen molar-refractivity contribution in [2.75, 3.05) is 12.4 Å². The summed E-state index contributed by atoms with van der Waals surface area (Å²) in [7, 11) is 0. The zero-order chi connectivity index (χ0) is 24.1. The van der Waals surface area contributed by atoms with E-state index in [0.29, 0.717) is 18.6 Å². The first-order chi connectivity index (χ1) is 16.5. The number of aryl methyl sites for hydroxylation is 3. The summed E-state index contributed by atoms with van der Waals surface area (Å²) in [4.78, 5) is 25.4. The molecule has 0 radical (unpaired) electrons. The van der Waals surface area contributed by atoms with Crippen LogP contribution in [0, 0.1) is 5.21 Å². The number of benzene rings is 2. The van der Waals surface area contributed by atoms with Crippen molar-refractivity contribution in [3.63, 3.8) is 0 Å². The zero-order valence-corrected chi connectivity index (χ0v) is 20.2. The van der Waals surface area contributed by atoms with E-state index in [9.17, 15) is 19.9 Å². The summed E-state index contributed by atoms with van der Waals surface area (Å²) >= 11 is 1.55. The molecule has 0 spiro atoms. The smallest absolute Gasteiger partial charge is 0.323 e. The molecule has 0 bridgehead atoms. The zero-order valence-electron chi connectivity index (χ0n) is 19.4. The highest BCUT2D eigenvalue weighted by Crippen LogP contribution is 2.41. The van der Waals surface area contributed by atoms with Crippen molar-refractivity contribution < 1.29 is 19.4 Å². The first kappa shape index (κ1) is 24.7.